The van der Waals surface area contributed by atoms with Gasteiger partial charge in [0, 0.05) is 55.8 Å². The first-order chi connectivity index (χ1) is 31.2. The topological polar surface area (TPSA) is 205 Å². The third-order valence-electron chi connectivity index (χ3n) is 14.2. The highest BCUT2D eigenvalue weighted by Crippen LogP contribution is 2.48. The second kappa shape index (κ2) is 17.3. The van der Waals surface area contributed by atoms with E-state index in [1.54, 1.807) is 18.7 Å². The molecule has 5 aromatic rings. The van der Waals surface area contributed by atoms with E-state index in [0.717, 1.165) is 104 Å². The molecule has 0 spiro atoms. The molecule has 4 aliphatic rings. The molecule has 17 heteroatoms. The van der Waals surface area contributed by atoms with Gasteiger partial charge in [0.05, 0.1) is 53.8 Å². The van der Waals surface area contributed by atoms with Gasteiger partial charge in [-0.3, -0.25) is 14.5 Å². The first kappa shape index (κ1) is 44.0. The number of hydrogen-bond donors (Lipinski definition) is 4. The van der Waals surface area contributed by atoms with E-state index in [0.29, 0.717) is 24.8 Å². The van der Waals surface area contributed by atoms with Crippen LogP contribution in [0.3, 0.4) is 0 Å². The van der Waals surface area contributed by atoms with Crippen molar-refractivity contribution < 1.29 is 43.2 Å². The Kier molecular flexibility index (Phi) is 11.7. The fourth-order valence-electron chi connectivity index (χ4n) is 10.3. The molecule has 344 valence electrons. The molecular formula is C48H58N8O9. The largest absolute Gasteiger partial charge is 0.488 e. The maximum Gasteiger partial charge on any atom is 0.407 e. The van der Waals surface area contributed by atoms with Crippen LogP contribution in [0.2, 0.25) is 0 Å². The lowest BCUT2D eigenvalue weighted by atomic mass is 9.92. The van der Waals surface area contributed by atoms with Gasteiger partial charge < -0.3 is 49.1 Å². The van der Waals surface area contributed by atoms with Crippen LogP contribution in [-0.4, -0.2) is 128 Å². The lowest BCUT2D eigenvalue weighted by Gasteiger charge is -2.36. The molecule has 1 unspecified atom stereocenters. The van der Waals surface area contributed by atoms with Gasteiger partial charge in [-0.15, -0.1) is 0 Å². The summed E-state index contributed by atoms with van der Waals surface area (Å²) in [5.41, 5.74) is 7.65. The molecule has 4 N–H and O–H groups in total. The summed E-state index contributed by atoms with van der Waals surface area (Å²) in [4.78, 5) is 74.7. The van der Waals surface area contributed by atoms with E-state index in [1.165, 1.54) is 28.4 Å². The van der Waals surface area contributed by atoms with Crippen molar-refractivity contribution in [2.75, 3.05) is 28.4 Å². The van der Waals surface area contributed by atoms with Crippen LogP contribution in [0.4, 0.5) is 9.59 Å². The van der Waals surface area contributed by atoms with E-state index in [9.17, 15) is 24.3 Å². The minimum Gasteiger partial charge on any atom is -0.488 e. The molecule has 17 nitrogen and oxygen atoms in total. The number of carbonyl (C=O) groups excluding carboxylic acids is 3. The number of alkyl carbamates (subject to hydrolysis) is 1. The van der Waals surface area contributed by atoms with Gasteiger partial charge in [0.1, 0.15) is 36.1 Å². The Morgan fingerprint density at radius 3 is 2.15 bits per heavy atom. The number of ether oxygens (including phenoxy) is 4. The molecule has 0 bridgehead atoms. The molecule has 3 fully saturated rings. The Hall–Kier alpha value is -6.20. The molecule has 9 rings (SSSR count). The summed E-state index contributed by atoms with van der Waals surface area (Å²) in [5, 5.41) is 14.4. The number of rotatable bonds is 12. The van der Waals surface area contributed by atoms with Crippen LogP contribution < -0.4 is 10.1 Å². The number of nitrogens with zero attached hydrogens (tertiary/aromatic N) is 5. The normalized spacial score (nSPS) is 22.2. The van der Waals surface area contributed by atoms with Crippen LogP contribution in [0.5, 0.6) is 5.75 Å². The van der Waals surface area contributed by atoms with Crippen molar-refractivity contribution >= 4 is 45.8 Å². The number of carboxylic acid groups (broad SMARTS) is 1. The fraction of sp³-hybridized carbons (Fsp3) is 0.500. The second-order valence-corrected chi connectivity index (χ2v) is 18.2. The number of carbonyl (C=O) groups is 4. The van der Waals surface area contributed by atoms with Crippen molar-refractivity contribution in [3.63, 3.8) is 0 Å². The van der Waals surface area contributed by atoms with Gasteiger partial charge in [0.15, 0.2) is 0 Å². The van der Waals surface area contributed by atoms with Crippen LogP contribution >= 0.6 is 0 Å². The number of hydrogen-bond acceptors (Lipinski definition) is 10. The van der Waals surface area contributed by atoms with Crippen molar-refractivity contribution in [3.8, 4) is 28.1 Å². The van der Waals surface area contributed by atoms with Crippen LogP contribution in [-0.2, 0) is 30.4 Å². The van der Waals surface area contributed by atoms with E-state index >= 15 is 0 Å². The number of aromatic nitrogens is 4. The predicted octanol–water partition coefficient (Wildman–Crippen LogP) is 7.42. The van der Waals surface area contributed by atoms with Gasteiger partial charge in [-0.2, -0.15) is 0 Å². The highest BCUT2D eigenvalue weighted by Gasteiger charge is 2.45. The molecule has 1 aliphatic carbocycles. The van der Waals surface area contributed by atoms with Crippen LogP contribution in [0.1, 0.15) is 107 Å². The SMILES string of the molecule is COC(=O)N[C@H](C(=O)N1[C@@H](C)CC[C@H]1c1nc(C2CC2)c(-c2ccc3c(c2)COc2cc4c(ccc5nc([C@@H]6CC[C@H](C)N6C(=O)[C@H]([C@@H](C)OC)N(C)C(=O)O)[nH]c54)cc2-3)[nH]1)C(C)OC. The molecule has 65 heavy (non-hydrogen) atoms. The average molecular weight is 891 g/mol. The summed E-state index contributed by atoms with van der Waals surface area (Å²) in [6.45, 7) is 7.83. The van der Waals surface area contributed by atoms with Crippen molar-refractivity contribution in [3.05, 3.63) is 65.4 Å². The molecule has 3 aromatic carbocycles. The molecule has 2 aromatic heterocycles. The summed E-state index contributed by atoms with van der Waals surface area (Å²) < 4.78 is 22.3. The number of fused-ring (bicyclic) bond motifs is 6. The van der Waals surface area contributed by atoms with Gasteiger partial charge in [-0.1, -0.05) is 18.2 Å². The average Bonchev–Trinajstić information content (AvgIpc) is 3.57. The molecular weight excluding hydrogens is 833 g/mol. The van der Waals surface area contributed by atoms with E-state index < -0.39 is 36.5 Å². The monoisotopic (exact) mass is 890 g/mol. The Morgan fingerprint density at radius 1 is 0.831 bits per heavy atom. The van der Waals surface area contributed by atoms with E-state index in [-0.39, 0.29) is 36.0 Å². The highest BCUT2D eigenvalue weighted by atomic mass is 16.5. The van der Waals surface area contributed by atoms with Crippen LogP contribution in [0.25, 0.3) is 44.2 Å². The maximum atomic E-state index is 14.2. The molecule has 5 heterocycles. The van der Waals surface area contributed by atoms with E-state index in [1.807, 2.05) is 24.8 Å². The third kappa shape index (κ3) is 7.81. The Morgan fingerprint density at radius 2 is 1.51 bits per heavy atom. The van der Waals surface area contributed by atoms with E-state index in [4.69, 9.17) is 28.9 Å². The third-order valence-corrected chi connectivity index (χ3v) is 14.2. The minimum absolute atomic E-state index is 0.0743. The predicted molar refractivity (Wildman–Crippen MR) is 241 cm³/mol. The first-order valence-electron chi connectivity index (χ1n) is 22.6. The minimum atomic E-state index is -1.20. The number of likely N-dealkylation sites (tertiary alicyclic amines) is 2. The van der Waals surface area contributed by atoms with Crippen LogP contribution in [0.15, 0.2) is 42.5 Å². The van der Waals surface area contributed by atoms with Crippen LogP contribution in [0, 0.1) is 0 Å². The van der Waals surface area contributed by atoms with E-state index in [2.05, 4.69) is 51.7 Å². The van der Waals surface area contributed by atoms with Crippen molar-refractivity contribution in [1.29, 1.82) is 0 Å². The summed E-state index contributed by atoms with van der Waals surface area (Å²) in [7, 11) is 5.66. The lowest BCUT2D eigenvalue weighted by molar-refractivity contribution is -0.143. The standard InChI is InChI=1S/C48H58N8O9/c1-23-9-18-36(55(23)45(57)38(25(3)62-6)53-47(59)64-8)44-50-39(27-11-12-27)40(51-44)29-13-15-31-30(19-29)22-65-37-21-32-28(20-33(31)37)14-16-34-41(32)52-43(49-34)35-17-10-24(2)56(35)46(58)42(26(4)63-7)54(5)48(60)61/h13-16,19-21,23-27,35-36,38,42H,9-12,17-18,22H2,1-8H3,(H,49,52)(H,50,51)(H,53,59)(H,60,61)/t23-,24-,25?,26+,35-,36-,38-,42-/m0/s1. The van der Waals surface area contributed by atoms with Crippen molar-refractivity contribution in [1.82, 2.24) is 40.0 Å². The quantitative estimate of drug-likeness (QED) is 0.0970. The summed E-state index contributed by atoms with van der Waals surface area (Å²) in [5.74, 6) is 1.91. The molecule has 0 radical (unpaired) electrons. The summed E-state index contributed by atoms with van der Waals surface area (Å²) >= 11 is 0. The zero-order valence-corrected chi connectivity index (χ0v) is 38.1. The lowest BCUT2D eigenvalue weighted by Crippen LogP contribution is -2.55. The zero-order valence-electron chi connectivity index (χ0n) is 38.1. The second-order valence-electron chi connectivity index (χ2n) is 18.2. The van der Waals surface area contributed by atoms with Gasteiger partial charge in [-0.25, -0.2) is 19.6 Å². The highest BCUT2D eigenvalue weighted by molar-refractivity contribution is 6.07. The number of benzene rings is 3. The number of likely N-dealkylation sites (N-methyl/N-ethyl adjacent to an activating group) is 1. The molecule has 2 saturated heterocycles. The van der Waals surface area contributed by atoms with Gasteiger partial charge in [0.25, 0.3) is 0 Å². The summed E-state index contributed by atoms with van der Waals surface area (Å²) in [6.07, 6.45) is 1.90. The number of imidazole rings is 2. The molecule has 8 atom stereocenters. The van der Waals surface area contributed by atoms with Gasteiger partial charge >= 0.3 is 12.2 Å². The van der Waals surface area contributed by atoms with Crippen molar-refractivity contribution in [2.24, 2.45) is 0 Å². The Bertz CT molecular complexity index is 2680. The Labute approximate surface area is 377 Å². The number of nitrogens with one attached hydrogen (secondary N) is 3. The molecule has 1 saturated carbocycles. The Balaban J connectivity index is 1.01. The fourth-order valence-corrected chi connectivity index (χ4v) is 10.3. The van der Waals surface area contributed by atoms with Gasteiger partial charge in [0.2, 0.25) is 11.8 Å². The number of methoxy groups -OCH3 is 3. The number of amides is 4. The molecule has 3 aliphatic heterocycles. The van der Waals surface area contributed by atoms with Crippen molar-refractivity contribution in [2.45, 2.75) is 127 Å². The maximum absolute atomic E-state index is 14.2. The molecule has 4 amide bonds. The zero-order chi connectivity index (χ0) is 46.0. The number of aromatic amines is 2. The summed E-state index contributed by atoms with van der Waals surface area (Å²) in [6, 6.07) is 11.9. The smallest absolute Gasteiger partial charge is 0.407 e. The van der Waals surface area contributed by atoms with Gasteiger partial charge in [-0.05, 0) is 107 Å². The first-order valence-corrected chi connectivity index (χ1v) is 22.6. The number of H-pyrrole nitrogens is 2.